The van der Waals surface area contributed by atoms with E-state index >= 15 is 0 Å². The van der Waals surface area contributed by atoms with Crippen molar-refractivity contribution in [2.45, 2.75) is 19.4 Å². The van der Waals surface area contributed by atoms with Crippen molar-refractivity contribution in [3.05, 3.63) is 22.2 Å². The average molecular weight is 278 g/mol. The number of hydrogen-bond donors (Lipinski definition) is 1. The number of nitrogens with zero attached hydrogens (tertiary/aromatic N) is 4. The number of aliphatic hydroxyl groups excluding tert-OH is 1. The summed E-state index contributed by atoms with van der Waals surface area (Å²) in [5.74, 6) is 0.133. The molecule has 1 aliphatic rings. The first kappa shape index (κ1) is 12.8. The predicted octanol–water partition coefficient (Wildman–Crippen LogP) is 1.34. The third-order valence-electron chi connectivity index (χ3n) is 3.77. The van der Waals surface area contributed by atoms with Crippen LogP contribution in [0.1, 0.15) is 13.3 Å². The van der Waals surface area contributed by atoms with Gasteiger partial charge < -0.3 is 10.0 Å². The molecule has 8 nitrogen and oxygen atoms in total. The second-order valence-electron chi connectivity index (χ2n) is 5.10. The van der Waals surface area contributed by atoms with Crippen LogP contribution in [0.5, 0.6) is 0 Å². The van der Waals surface area contributed by atoms with Gasteiger partial charge in [-0.15, -0.1) is 0 Å². The van der Waals surface area contributed by atoms with Crippen molar-refractivity contribution in [3.63, 3.8) is 0 Å². The SMILES string of the molecule is CC1CN(c2ccc([N+](=O)[O-])c3nonc23)CCC1O. The van der Waals surface area contributed by atoms with E-state index in [0.29, 0.717) is 25.0 Å². The maximum Gasteiger partial charge on any atom is 0.300 e. The van der Waals surface area contributed by atoms with Crippen LogP contribution in [0.2, 0.25) is 0 Å². The Morgan fingerprint density at radius 1 is 1.45 bits per heavy atom. The molecule has 0 radical (unpaired) electrons. The molecule has 2 unspecified atom stereocenters. The highest BCUT2D eigenvalue weighted by Gasteiger charge is 2.28. The van der Waals surface area contributed by atoms with Gasteiger partial charge in [-0.05, 0) is 28.7 Å². The topological polar surface area (TPSA) is 106 Å². The van der Waals surface area contributed by atoms with E-state index in [9.17, 15) is 15.2 Å². The summed E-state index contributed by atoms with van der Waals surface area (Å²) in [6, 6.07) is 3.08. The Morgan fingerprint density at radius 2 is 2.20 bits per heavy atom. The number of benzene rings is 1. The van der Waals surface area contributed by atoms with Crippen LogP contribution in [-0.2, 0) is 0 Å². The number of rotatable bonds is 2. The first-order valence-corrected chi connectivity index (χ1v) is 6.40. The largest absolute Gasteiger partial charge is 0.393 e. The van der Waals surface area contributed by atoms with Crippen molar-refractivity contribution in [2.24, 2.45) is 5.92 Å². The molecule has 1 N–H and O–H groups in total. The zero-order valence-corrected chi connectivity index (χ0v) is 10.9. The third-order valence-corrected chi connectivity index (χ3v) is 3.77. The summed E-state index contributed by atoms with van der Waals surface area (Å²) >= 11 is 0. The van der Waals surface area contributed by atoms with Crippen LogP contribution in [-0.4, -0.2) is 39.5 Å². The van der Waals surface area contributed by atoms with Crippen LogP contribution in [0, 0.1) is 16.0 Å². The highest BCUT2D eigenvalue weighted by Crippen LogP contribution is 2.33. The van der Waals surface area contributed by atoms with E-state index in [2.05, 4.69) is 14.9 Å². The Morgan fingerprint density at radius 3 is 2.90 bits per heavy atom. The number of hydrogen-bond acceptors (Lipinski definition) is 7. The number of aliphatic hydroxyl groups is 1. The lowest BCUT2D eigenvalue weighted by molar-refractivity contribution is -0.383. The molecule has 1 aromatic heterocycles. The molecule has 1 aromatic carbocycles. The van der Waals surface area contributed by atoms with Gasteiger partial charge in [-0.1, -0.05) is 6.92 Å². The molecule has 2 heterocycles. The molecule has 2 aromatic rings. The van der Waals surface area contributed by atoms with Crippen LogP contribution in [0.4, 0.5) is 11.4 Å². The minimum atomic E-state index is -0.501. The Kier molecular flexibility index (Phi) is 3.01. The minimum absolute atomic E-state index is 0.116. The third kappa shape index (κ3) is 1.97. The van der Waals surface area contributed by atoms with Gasteiger partial charge in [0.2, 0.25) is 5.52 Å². The number of anilines is 1. The summed E-state index contributed by atoms with van der Waals surface area (Å²) in [7, 11) is 0. The van der Waals surface area contributed by atoms with Gasteiger partial charge in [-0.2, -0.15) is 0 Å². The lowest BCUT2D eigenvalue weighted by Crippen LogP contribution is -2.42. The lowest BCUT2D eigenvalue weighted by atomic mass is 9.96. The van der Waals surface area contributed by atoms with E-state index in [4.69, 9.17) is 0 Å². The predicted molar refractivity (Wildman–Crippen MR) is 70.5 cm³/mol. The first-order valence-electron chi connectivity index (χ1n) is 6.40. The molecule has 0 spiro atoms. The second-order valence-corrected chi connectivity index (χ2v) is 5.10. The molecule has 3 rings (SSSR count). The maximum atomic E-state index is 10.9. The molecule has 1 aliphatic heterocycles. The van der Waals surface area contributed by atoms with Crippen LogP contribution in [0.25, 0.3) is 11.0 Å². The van der Waals surface area contributed by atoms with Crippen LogP contribution >= 0.6 is 0 Å². The van der Waals surface area contributed by atoms with Gasteiger partial charge in [-0.25, -0.2) is 4.63 Å². The Bertz CT molecular complexity index is 656. The molecule has 1 fully saturated rings. The van der Waals surface area contributed by atoms with Crippen molar-refractivity contribution in [1.82, 2.24) is 10.3 Å². The van der Waals surface area contributed by atoms with Crippen molar-refractivity contribution < 1.29 is 14.7 Å². The lowest BCUT2D eigenvalue weighted by Gasteiger charge is -2.35. The molecular weight excluding hydrogens is 264 g/mol. The number of fused-ring (bicyclic) bond motifs is 1. The van der Waals surface area contributed by atoms with Gasteiger partial charge in [0.15, 0.2) is 5.52 Å². The first-order chi connectivity index (χ1) is 9.58. The van der Waals surface area contributed by atoms with Crippen molar-refractivity contribution >= 4 is 22.4 Å². The summed E-state index contributed by atoms with van der Waals surface area (Å²) in [5.41, 5.74) is 1.19. The highest BCUT2D eigenvalue weighted by molar-refractivity contribution is 5.93. The smallest absolute Gasteiger partial charge is 0.300 e. The van der Waals surface area contributed by atoms with Gasteiger partial charge in [0.1, 0.15) is 0 Å². The molecule has 20 heavy (non-hydrogen) atoms. The molecule has 0 bridgehead atoms. The van der Waals surface area contributed by atoms with E-state index in [1.165, 1.54) is 6.07 Å². The Hall–Kier alpha value is -2.22. The van der Waals surface area contributed by atoms with E-state index in [-0.39, 0.29) is 23.2 Å². The second kappa shape index (κ2) is 4.71. The van der Waals surface area contributed by atoms with E-state index < -0.39 is 4.92 Å². The van der Waals surface area contributed by atoms with Gasteiger partial charge in [-0.3, -0.25) is 10.1 Å². The van der Waals surface area contributed by atoms with Gasteiger partial charge in [0, 0.05) is 19.2 Å². The summed E-state index contributed by atoms with van der Waals surface area (Å²) in [6.07, 6.45) is 0.348. The number of nitro groups is 1. The molecule has 0 saturated carbocycles. The number of aromatic nitrogens is 2. The van der Waals surface area contributed by atoms with E-state index in [1.807, 2.05) is 11.8 Å². The quantitative estimate of drug-likeness (QED) is 0.652. The normalized spacial score (nSPS) is 23.2. The fourth-order valence-electron chi connectivity index (χ4n) is 2.59. The molecule has 106 valence electrons. The number of piperidine rings is 1. The van der Waals surface area contributed by atoms with Crippen molar-refractivity contribution in [2.75, 3.05) is 18.0 Å². The molecule has 1 saturated heterocycles. The molecule has 0 amide bonds. The number of nitro benzene ring substituents is 1. The summed E-state index contributed by atoms with van der Waals surface area (Å²) in [4.78, 5) is 12.5. The highest BCUT2D eigenvalue weighted by atomic mass is 16.6. The van der Waals surface area contributed by atoms with Gasteiger partial charge >= 0.3 is 5.69 Å². The molecule has 2 atom stereocenters. The van der Waals surface area contributed by atoms with Crippen LogP contribution in [0.3, 0.4) is 0 Å². The fraction of sp³-hybridized carbons (Fsp3) is 0.500. The van der Waals surface area contributed by atoms with E-state index in [1.54, 1.807) is 6.07 Å². The summed E-state index contributed by atoms with van der Waals surface area (Å²) in [6.45, 7) is 3.31. The number of non-ortho nitro benzene ring substituents is 1. The van der Waals surface area contributed by atoms with Crippen molar-refractivity contribution in [1.29, 1.82) is 0 Å². The zero-order valence-electron chi connectivity index (χ0n) is 10.9. The average Bonchev–Trinajstić information content (AvgIpc) is 2.89. The monoisotopic (exact) mass is 278 g/mol. The van der Waals surface area contributed by atoms with Gasteiger partial charge in [0.25, 0.3) is 0 Å². The van der Waals surface area contributed by atoms with Crippen LogP contribution < -0.4 is 4.90 Å². The Labute approximate surface area is 114 Å². The van der Waals surface area contributed by atoms with Gasteiger partial charge in [0.05, 0.1) is 16.7 Å². The maximum absolute atomic E-state index is 10.9. The summed E-state index contributed by atoms with van der Waals surface area (Å²) < 4.78 is 4.65. The van der Waals surface area contributed by atoms with Crippen LogP contribution in [0.15, 0.2) is 16.8 Å². The molecule has 0 aliphatic carbocycles. The van der Waals surface area contributed by atoms with E-state index in [0.717, 1.165) is 5.69 Å². The molecule has 8 heteroatoms. The standard InChI is InChI=1S/C12H14N4O4/c1-7-6-15(5-4-10(7)17)8-2-3-9(16(18)19)12-11(8)13-20-14-12/h2-3,7,10,17H,4-6H2,1H3. The zero-order chi connectivity index (χ0) is 14.3. The Balaban J connectivity index is 2.03. The molecular formula is C12H14N4O4. The summed E-state index contributed by atoms with van der Waals surface area (Å²) in [5, 5.41) is 28.1. The minimum Gasteiger partial charge on any atom is -0.393 e. The van der Waals surface area contributed by atoms with Crippen molar-refractivity contribution in [3.8, 4) is 0 Å². The fourth-order valence-corrected chi connectivity index (χ4v) is 2.59.